The van der Waals surface area contributed by atoms with E-state index in [1.165, 1.54) is 4.90 Å². The Morgan fingerprint density at radius 1 is 1.39 bits per heavy atom. The van der Waals surface area contributed by atoms with Crippen LogP contribution in [-0.2, 0) is 9.53 Å². The Morgan fingerprint density at radius 2 is 2.11 bits per heavy atom. The van der Waals surface area contributed by atoms with Gasteiger partial charge in [-0.05, 0) is 12.8 Å². The van der Waals surface area contributed by atoms with Crippen LogP contribution in [0.4, 0.5) is 4.79 Å². The van der Waals surface area contributed by atoms with E-state index in [1.54, 1.807) is 4.90 Å². The third-order valence-electron chi connectivity index (χ3n) is 3.15. The zero-order valence-corrected chi connectivity index (χ0v) is 10.1. The first kappa shape index (κ1) is 13.1. The van der Waals surface area contributed by atoms with E-state index in [9.17, 15) is 9.59 Å². The zero-order chi connectivity index (χ0) is 13.1. The highest BCUT2D eigenvalue weighted by Crippen LogP contribution is 2.27. The third-order valence-corrected chi connectivity index (χ3v) is 3.15. The van der Waals surface area contributed by atoms with Crippen molar-refractivity contribution in [3.05, 3.63) is 0 Å². The Morgan fingerprint density at radius 3 is 2.67 bits per heavy atom. The van der Waals surface area contributed by atoms with Crippen LogP contribution in [0, 0.1) is 0 Å². The quantitative estimate of drug-likeness (QED) is 0.699. The molecule has 2 N–H and O–H groups in total. The van der Waals surface area contributed by atoms with Gasteiger partial charge in [0, 0.05) is 12.6 Å². The van der Waals surface area contributed by atoms with E-state index in [4.69, 9.17) is 14.9 Å². The van der Waals surface area contributed by atoms with Gasteiger partial charge in [0.05, 0.1) is 25.9 Å². The molecule has 0 aromatic carbocycles. The summed E-state index contributed by atoms with van der Waals surface area (Å²) in [5.41, 5.74) is 0. The summed E-state index contributed by atoms with van der Waals surface area (Å²) in [6, 6.07) is -0.203. The lowest BCUT2D eigenvalue weighted by Crippen LogP contribution is -2.53. The molecule has 1 atom stereocenters. The molecule has 2 aliphatic rings. The minimum absolute atomic E-state index is 0.0593. The number of aliphatic hydroxyl groups is 1. The van der Waals surface area contributed by atoms with Gasteiger partial charge in [-0.1, -0.05) is 0 Å². The standard InChI is InChI=1S/C11H18N2O5/c14-7-9-5-12(3-4-18-9)11(17)13(6-10(15)16)8-1-2-8/h8-9,14H,1-7H2,(H,15,16). The van der Waals surface area contributed by atoms with Crippen molar-refractivity contribution < 1.29 is 24.5 Å². The Hall–Kier alpha value is -1.34. The number of amides is 2. The number of hydrogen-bond acceptors (Lipinski definition) is 4. The van der Waals surface area contributed by atoms with Gasteiger partial charge in [-0.2, -0.15) is 0 Å². The molecule has 2 rings (SSSR count). The van der Waals surface area contributed by atoms with Gasteiger partial charge in [0.2, 0.25) is 0 Å². The highest BCUT2D eigenvalue weighted by atomic mass is 16.5. The van der Waals surface area contributed by atoms with Crippen LogP contribution in [-0.4, -0.2) is 77.0 Å². The summed E-state index contributed by atoms with van der Waals surface area (Å²) in [7, 11) is 0. The number of hydrogen-bond donors (Lipinski definition) is 2. The van der Waals surface area contributed by atoms with Crippen LogP contribution in [0.1, 0.15) is 12.8 Å². The number of ether oxygens (including phenoxy) is 1. The molecule has 1 aliphatic carbocycles. The first-order valence-corrected chi connectivity index (χ1v) is 6.11. The van der Waals surface area contributed by atoms with E-state index in [0.717, 1.165) is 12.8 Å². The monoisotopic (exact) mass is 258 g/mol. The molecule has 18 heavy (non-hydrogen) atoms. The van der Waals surface area contributed by atoms with E-state index in [1.807, 2.05) is 0 Å². The molecule has 0 radical (unpaired) electrons. The SMILES string of the molecule is O=C(O)CN(C(=O)N1CCOC(CO)C1)C1CC1. The molecular weight excluding hydrogens is 240 g/mol. The molecule has 0 bridgehead atoms. The molecule has 2 amide bonds. The highest BCUT2D eigenvalue weighted by Gasteiger charge is 2.37. The molecule has 2 fully saturated rings. The Labute approximate surface area is 105 Å². The fourth-order valence-electron chi connectivity index (χ4n) is 2.07. The van der Waals surface area contributed by atoms with Crippen molar-refractivity contribution in [3.63, 3.8) is 0 Å². The molecule has 1 heterocycles. The van der Waals surface area contributed by atoms with E-state index in [-0.39, 0.29) is 31.3 Å². The number of rotatable bonds is 4. The summed E-state index contributed by atoms with van der Waals surface area (Å²) in [5.74, 6) is -0.998. The molecule has 1 saturated carbocycles. The second-order valence-corrected chi connectivity index (χ2v) is 4.66. The van der Waals surface area contributed by atoms with Gasteiger partial charge in [0.1, 0.15) is 6.54 Å². The Kier molecular flexibility index (Phi) is 4.03. The maximum atomic E-state index is 12.2. The maximum absolute atomic E-state index is 12.2. The number of nitrogens with zero attached hydrogens (tertiary/aromatic N) is 2. The zero-order valence-electron chi connectivity index (χ0n) is 10.1. The second kappa shape index (κ2) is 5.53. The number of carbonyl (C=O) groups is 2. The minimum atomic E-state index is -0.998. The predicted molar refractivity (Wildman–Crippen MR) is 61.2 cm³/mol. The Bertz CT molecular complexity index is 331. The summed E-state index contributed by atoms with van der Waals surface area (Å²) in [4.78, 5) is 26.0. The molecule has 7 nitrogen and oxygen atoms in total. The van der Waals surface area contributed by atoms with Gasteiger partial charge in [-0.25, -0.2) is 4.79 Å². The van der Waals surface area contributed by atoms with Crippen LogP contribution in [0.15, 0.2) is 0 Å². The van der Waals surface area contributed by atoms with Crippen molar-refractivity contribution in [1.82, 2.24) is 9.80 Å². The smallest absolute Gasteiger partial charge is 0.323 e. The van der Waals surface area contributed by atoms with E-state index < -0.39 is 5.97 Å². The van der Waals surface area contributed by atoms with E-state index in [0.29, 0.717) is 19.7 Å². The predicted octanol–water partition coefficient (Wildman–Crippen LogP) is -0.651. The number of aliphatic hydroxyl groups excluding tert-OH is 1. The fourth-order valence-corrected chi connectivity index (χ4v) is 2.07. The van der Waals surface area contributed by atoms with Crippen molar-refractivity contribution in [2.45, 2.75) is 25.0 Å². The van der Waals surface area contributed by atoms with Crippen LogP contribution < -0.4 is 0 Å². The van der Waals surface area contributed by atoms with Gasteiger partial charge in [0.15, 0.2) is 0 Å². The van der Waals surface area contributed by atoms with Gasteiger partial charge in [-0.15, -0.1) is 0 Å². The normalized spacial score (nSPS) is 23.8. The summed E-state index contributed by atoms with van der Waals surface area (Å²) >= 11 is 0. The van der Waals surface area contributed by atoms with Gasteiger partial charge in [0.25, 0.3) is 0 Å². The fraction of sp³-hybridized carbons (Fsp3) is 0.818. The van der Waals surface area contributed by atoms with Gasteiger partial charge < -0.3 is 24.7 Å². The molecule has 1 unspecified atom stereocenters. The molecule has 0 spiro atoms. The van der Waals surface area contributed by atoms with Crippen molar-refractivity contribution in [3.8, 4) is 0 Å². The van der Waals surface area contributed by atoms with Gasteiger partial charge >= 0.3 is 12.0 Å². The summed E-state index contributed by atoms with van der Waals surface area (Å²) in [6.07, 6.45) is 1.37. The lowest BCUT2D eigenvalue weighted by atomic mass is 10.3. The molecule has 0 aromatic rings. The topological polar surface area (TPSA) is 90.3 Å². The number of urea groups is 1. The van der Waals surface area contributed by atoms with Crippen LogP contribution in [0.3, 0.4) is 0 Å². The summed E-state index contributed by atoms with van der Waals surface area (Å²) in [6.45, 7) is 0.746. The lowest BCUT2D eigenvalue weighted by Gasteiger charge is -2.35. The molecule has 1 aliphatic heterocycles. The van der Waals surface area contributed by atoms with Crippen LogP contribution in [0.2, 0.25) is 0 Å². The number of carboxylic acid groups (broad SMARTS) is 1. The van der Waals surface area contributed by atoms with Crippen molar-refractivity contribution in [2.75, 3.05) is 32.8 Å². The lowest BCUT2D eigenvalue weighted by molar-refractivity contribution is -0.138. The number of carboxylic acids is 1. The summed E-state index contributed by atoms with van der Waals surface area (Å²) in [5, 5.41) is 17.9. The van der Waals surface area contributed by atoms with E-state index in [2.05, 4.69) is 0 Å². The van der Waals surface area contributed by atoms with Gasteiger partial charge in [-0.3, -0.25) is 4.79 Å². The van der Waals surface area contributed by atoms with Crippen molar-refractivity contribution in [1.29, 1.82) is 0 Å². The third kappa shape index (κ3) is 3.11. The van der Waals surface area contributed by atoms with Crippen molar-refractivity contribution >= 4 is 12.0 Å². The average Bonchev–Trinajstić information content (AvgIpc) is 3.19. The minimum Gasteiger partial charge on any atom is -0.480 e. The maximum Gasteiger partial charge on any atom is 0.323 e. The Balaban J connectivity index is 1.96. The average molecular weight is 258 g/mol. The van der Waals surface area contributed by atoms with E-state index >= 15 is 0 Å². The molecule has 102 valence electrons. The molecule has 0 aromatic heterocycles. The highest BCUT2D eigenvalue weighted by molar-refractivity contribution is 5.81. The number of carbonyl (C=O) groups excluding carboxylic acids is 1. The molecular formula is C11H18N2O5. The van der Waals surface area contributed by atoms with Crippen LogP contribution in [0.5, 0.6) is 0 Å². The molecule has 7 heteroatoms. The van der Waals surface area contributed by atoms with Crippen LogP contribution in [0.25, 0.3) is 0 Å². The van der Waals surface area contributed by atoms with Crippen molar-refractivity contribution in [2.24, 2.45) is 0 Å². The molecule has 1 saturated heterocycles. The largest absolute Gasteiger partial charge is 0.480 e. The number of aliphatic carboxylic acids is 1. The first-order valence-electron chi connectivity index (χ1n) is 6.11. The number of morpholine rings is 1. The second-order valence-electron chi connectivity index (χ2n) is 4.66. The first-order chi connectivity index (χ1) is 8.61. The summed E-state index contributed by atoms with van der Waals surface area (Å²) < 4.78 is 5.27. The van der Waals surface area contributed by atoms with Crippen LogP contribution >= 0.6 is 0 Å².